The summed E-state index contributed by atoms with van der Waals surface area (Å²) in [7, 11) is 3.03. The number of likely N-dealkylation sites (N-methyl/N-ethyl adjacent to an activating group) is 1. The lowest BCUT2D eigenvalue weighted by Crippen LogP contribution is -2.35. The Kier molecular flexibility index (Phi) is 10.0. The van der Waals surface area contributed by atoms with E-state index in [0.29, 0.717) is 40.6 Å². The summed E-state index contributed by atoms with van der Waals surface area (Å²) >= 11 is 0. The first-order chi connectivity index (χ1) is 20.6. The molecule has 0 fully saturated rings. The van der Waals surface area contributed by atoms with Gasteiger partial charge < -0.3 is 25.0 Å². The van der Waals surface area contributed by atoms with Crippen LogP contribution >= 0.6 is 0 Å². The fourth-order valence-corrected chi connectivity index (χ4v) is 5.27. The first-order valence-electron chi connectivity index (χ1n) is 14.0. The number of aromatic amines is 1. The summed E-state index contributed by atoms with van der Waals surface area (Å²) in [5, 5.41) is 17.4. The molecule has 4 rings (SSSR count). The summed E-state index contributed by atoms with van der Waals surface area (Å²) in [5.74, 6) is -0.422. The van der Waals surface area contributed by atoms with E-state index < -0.39 is 6.04 Å². The van der Waals surface area contributed by atoms with Gasteiger partial charge in [-0.3, -0.25) is 14.4 Å². The van der Waals surface area contributed by atoms with Gasteiger partial charge in [-0.1, -0.05) is 37.3 Å². The van der Waals surface area contributed by atoms with Crippen LogP contribution in [0.5, 0.6) is 0 Å². The van der Waals surface area contributed by atoms with Crippen LogP contribution in [-0.2, 0) is 27.5 Å². The van der Waals surface area contributed by atoms with Crippen molar-refractivity contribution in [3.8, 4) is 0 Å². The Labute approximate surface area is 249 Å². The van der Waals surface area contributed by atoms with Gasteiger partial charge in [-0.15, -0.1) is 4.91 Å². The van der Waals surface area contributed by atoms with E-state index in [9.17, 15) is 24.4 Å². The highest BCUT2D eigenvalue weighted by molar-refractivity contribution is 5.89. The number of H-pyrrole nitrogens is 1. The Hall–Kier alpha value is -4.83. The minimum atomic E-state index is -0.826. The Morgan fingerprint density at radius 1 is 1.07 bits per heavy atom. The van der Waals surface area contributed by atoms with Gasteiger partial charge in [0, 0.05) is 37.3 Å². The largest absolute Gasteiger partial charge is 0.469 e. The predicted octanol–water partition coefficient (Wildman–Crippen LogP) is 5.60. The normalized spacial score (nSPS) is 12.4. The maximum absolute atomic E-state index is 14.1. The van der Waals surface area contributed by atoms with Gasteiger partial charge in [-0.25, -0.2) is 0 Å². The highest BCUT2D eigenvalue weighted by Gasteiger charge is 2.26. The zero-order chi connectivity index (χ0) is 31.1. The van der Waals surface area contributed by atoms with Gasteiger partial charge in [0.05, 0.1) is 13.7 Å². The number of nitroso groups, excluding NO2 is 1. The minimum absolute atomic E-state index is 0.0979. The average molecular weight is 585 g/mol. The summed E-state index contributed by atoms with van der Waals surface area (Å²) in [4.78, 5) is 53.6. The maximum atomic E-state index is 14.1. The third-order valence-electron chi connectivity index (χ3n) is 7.75. The first kappa shape index (κ1) is 31.1. The maximum Gasteiger partial charge on any atom is 0.305 e. The molecule has 1 heterocycles. The molecule has 1 aromatic heterocycles. The topological polar surface area (TPSA) is 141 Å². The van der Waals surface area contributed by atoms with Crippen molar-refractivity contribution in [2.45, 2.75) is 51.8 Å². The monoisotopic (exact) mass is 584 g/mol. The summed E-state index contributed by atoms with van der Waals surface area (Å²) in [6, 6.07) is 16.9. The van der Waals surface area contributed by atoms with Crippen molar-refractivity contribution >= 4 is 34.0 Å². The molecule has 10 heteroatoms. The van der Waals surface area contributed by atoms with Gasteiger partial charge >= 0.3 is 5.97 Å². The number of aliphatic hydroxyl groups excluding tert-OH is 1. The summed E-state index contributed by atoms with van der Waals surface area (Å²) in [5.41, 5.74) is 4.51. The molecule has 4 aromatic rings. The van der Waals surface area contributed by atoms with Gasteiger partial charge in [0.1, 0.15) is 11.7 Å². The van der Waals surface area contributed by atoms with E-state index in [-0.39, 0.29) is 42.2 Å². The molecular formula is C33H36N4O6. The van der Waals surface area contributed by atoms with Gasteiger partial charge in [0.2, 0.25) is 5.91 Å². The van der Waals surface area contributed by atoms with Crippen LogP contribution in [0.4, 0.5) is 11.4 Å². The molecule has 1 unspecified atom stereocenters. The SMILES string of the molecule is COC(=O)CC[C@H](C)c1ccc(C(Nc2ccc3cc[nH]c(=O)c3c2)C(=O)N(C)Cc2cc(N=O)ccc2CO)cc1C. The van der Waals surface area contributed by atoms with E-state index in [1.807, 2.05) is 44.2 Å². The second-order valence-corrected chi connectivity index (χ2v) is 10.7. The number of pyridine rings is 1. The zero-order valence-electron chi connectivity index (χ0n) is 24.7. The molecule has 3 aromatic carbocycles. The quantitative estimate of drug-likeness (QED) is 0.145. The number of aryl methyl sites for hydroxylation is 1. The van der Waals surface area contributed by atoms with Crippen molar-refractivity contribution in [3.05, 3.63) is 110 Å². The van der Waals surface area contributed by atoms with Crippen LogP contribution in [0.1, 0.15) is 59.5 Å². The first-order valence-corrected chi connectivity index (χ1v) is 14.0. The van der Waals surface area contributed by atoms with Gasteiger partial charge in [0.25, 0.3) is 5.56 Å². The third kappa shape index (κ3) is 7.34. The number of nitrogens with zero attached hydrogens (tertiary/aromatic N) is 2. The molecule has 0 aliphatic carbocycles. The number of anilines is 1. The second kappa shape index (κ2) is 13.9. The molecule has 0 saturated carbocycles. The summed E-state index contributed by atoms with van der Waals surface area (Å²) in [6.45, 7) is 3.90. The molecule has 1 amide bonds. The number of methoxy groups -OCH3 is 1. The van der Waals surface area contributed by atoms with E-state index in [4.69, 9.17) is 4.74 Å². The molecule has 43 heavy (non-hydrogen) atoms. The third-order valence-corrected chi connectivity index (χ3v) is 7.75. The van der Waals surface area contributed by atoms with E-state index in [2.05, 4.69) is 15.5 Å². The molecular weight excluding hydrogens is 548 g/mol. The van der Waals surface area contributed by atoms with Crippen LogP contribution in [0, 0.1) is 11.8 Å². The highest BCUT2D eigenvalue weighted by Crippen LogP contribution is 2.30. The molecule has 0 saturated heterocycles. The number of aromatic nitrogens is 1. The number of carbonyl (C=O) groups is 2. The predicted molar refractivity (Wildman–Crippen MR) is 166 cm³/mol. The number of nitrogens with one attached hydrogen (secondary N) is 2. The smallest absolute Gasteiger partial charge is 0.305 e. The van der Waals surface area contributed by atoms with Crippen LogP contribution in [0.3, 0.4) is 0 Å². The van der Waals surface area contributed by atoms with Crippen molar-refractivity contribution in [1.29, 1.82) is 0 Å². The van der Waals surface area contributed by atoms with Crippen molar-refractivity contribution < 1.29 is 19.4 Å². The number of esters is 1. The number of fused-ring (bicyclic) bond motifs is 1. The Balaban J connectivity index is 1.69. The van der Waals surface area contributed by atoms with Crippen molar-refractivity contribution in [2.75, 3.05) is 19.5 Å². The van der Waals surface area contributed by atoms with Crippen molar-refractivity contribution in [2.24, 2.45) is 5.18 Å². The summed E-state index contributed by atoms with van der Waals surface area (Å²) < 4.78 is 4.78. The number of rotatable bonds is 12. The molecule has 0 aliphatic rings. The Morgan fingerprint density at radius 2 is 1.86 bits per heavy atom. The van der Waals surface area contributed by atoms with Crippen molar-refractivity contribution in [1.82, 2.24) is 9.88 Å². The molecule has 10 nitrogen and oxygen atoms in total. The van der Waals surface area contributed by atoms with E-state index in [1.165, 1.54) is 18.1 Å². The Bertz CT molecular complexity index is 1700. The molecule has 0 radical (unpaired) electrons. The number of amides is 1. The number of hydrogen-bond donors (Lipinski definition) is 3. The van der Waals surface area contributed by atoms with Gasteiger partial charge in [-0.2, -0.15) is 0 Å². The standard InChI is InChI=1S/C33H36N4O6/c1-20(5-12-30(39)43-4)28-11-8-23(15-21(28)2)31(35-26-9-6-22-13-14-34-32(40)29(22)17-26)33(41)37(3)18-25-16-27(36-42)10-7-24(25)19-38/h6-11,13-17,20,31,35,38H,5,12,18-19H2,1-4H3,(H,34,40)/t20-,31?/m0/s1. The molecule has 224 valence electrons. The summed E-state index contributed by atoms with van der Waals surface area (Å²) in [6.07, 6.45) is 2.53. The van der Waals surface area contributed by atoms with Gasteiger partial charge in [-0.05, 0) is 88.0 Å². The van der Waals surface area contributed by atoms with Crippen LogP contribution in [-0.4, -0.2) is 41.0 Å². The molecule has 0 bridgehead atoms. The van der Waals surface area contributed by atoms with Crippen LogP contribution < -0.4 is 10.9 Å². The zero-order valence-corrected chi connectivity index (χ0v) is 24.7. The van der Waals surface area contributed by atoms with E-state index >= 15 is 0 Å². The molecule has 2 atom stereocenters. The Morgan fingerprint density at radius 3 is 2.56 bits per heavy atom. The number of hydrogen-bond acceptors (Lipinski definition) is 8. The number of ether oxygens (including phenoxy) is 1. The lowest BCUT2D eigenvalue weighted by Gasteiger charge is -2.27. The average Bonchev–Trinajstić information content (AvgIpc) is 3.02. The lowest BCUT2D eigenvalue weighted by atomic mass is 9.90. The van der Waals surface area contributed by atoms with Crippen LogP contribution in [0.25, 0.3) is 10.8 Å². The number of aliphatic hydroxyl groups is 1. The molecule has 3 N–H and O–H groups in total. The van der Waals surface area contributed by atoms with E-state index in [1.54, 1.807) is 37.5 Å². The second-order valence-electron chi connectivity index (χ2n) is 10.7. The van der Waals surface area contributed by atoms with Crippen LogP contribution in [0.15, 0.2) is 76.8 Å². The van der Waals surface area contributed by atoms with Crippen LogP contribution in [0.2, 0.25) is 0 Å². The lowest BCUT2D eigenvalue weighted by molar-refractivity contribution is -0.140. The minimum Gasteiger partial charge on any atom is -0.469 e. The molecule has 0 spiro atoms. The number of benzene rings is 3. The van der Waals surface area contributed by atoms with Gasteiger partial charge in [0.15, 0.2) is 0 Å². The highest BCUT2D eigenvalue weighted by atomic mass is 16.5. The van der Waals surface area contributed by atoms with Crippen molar-refractivity contribution in [3.63, 3.8) is 0 Å². The number of carbonyl (C=O) groups excluding carboxylic acids is 2. The fourth-order valence-electron chi connectivity index (χ4n) is 5.27. The van der Waals surface area contributed by atoms with E-state index in [0.717, 1.165) is 16.5 Å². The molecule has 0 aliphatic heterocycles. The fraction of sp³-hybridized carbons (Fsp3) is 0.303.